The van der Waals surface area contributed by atoms with E-state index in [-0.39, 0.29) is 17.6 Å². The molecule has 5 heteroatoms. The summed E-state index contributed by atoms with van der Waals surface area (Å²) < 4.78 is 30.6. The molecule has 0 radical (unpaired) electrons. The minimum atomic E-state index is -2.55. The second-order valence-corrected chi connectivity index (χ2v) is 6.86. The van der Waals surface area contributed by atoms with Crippen LogP contribution in [0.25, 0.3) is 0 Å². The van der Waals surface area contributed by atoms with Crippen LogP contribution < -0.4 is 0 Å². The highest BCUT2D eigenvalue weighted by Crippen LogP contribution is 2.23. The van der Waals surface area contributed by atoms with Gasteiger partial charge in [-0.1, -0.05) is 33.1 Å². The van der Waals surface area contributed by atoms with Gasteiger partial charge in [-0.2, -0.15) is 0 Å². The molecular weight excluding hydrogens is 294 g/mol. The van der Waals surface area contributed by atoms with E-state index in [9.17, 15) is 13.6 Å². The summed E-state index contributed by atoms with van der Waals surface area (Å²) >= 11 is 1.61. The Morgan fingerprint density at radius 2 is 1.86 bits per heavy atom. The van der Waals surface area contributed by atoms with Crippen molar-refractivity contribution < 1.29 is 18.3 Å². The van der Waals surface area contributed by atoms with Gasteiger partial charge in [0.2, 0.25) is 5.92 Å². The van der Waals surface area contributed by atoms with Crippen molar-refractivity contribution in [2.24, 2.45) is 0 Å². The molecule has 126 valence electrons. The van der Waals surface area contributed by atoms with Crippen LogP contribution in [0.2, 0.25) is 0 Å². The van der Waals surface area contributed by atoms with Crippen molar-refractivity contribution in [3.63, 3.8) is 0 Å². The third kappa shape index (κ3) is 13.1. The fraction of sp³-hybridized carbons (Fsp3) is 0.938. The molecule has 0 spiro atoms. The van der Waals surface area contributed by atoms with Crippen LogP contribution in [0.4, 0.5) is 8.78 Å². The summed E-state index contributed by atoms with van der Waals surface area (Å²) in [4.78, 5) is 11.9. The monoisotopic (exact) mass is 324 g/mol. The Hall–Kier alpha value is -0.320. The molecule has 0 bridgehead atoms. The molecular formula is C16H30F2O2S. The summed E-state index contributed by atoms with van der Waals surface area (Å²) in [6.07, 6.45) is 5.86. The van der Waals surface area contributed by atoms with Crippen LogP contribution in [0, 0.1) is 0 Å². The third-order valence-electron chi connectivity index (χ3n) is 3.14. The van der Waals surface area contributed by atoms with Crippen molar-refractivity contribution in [1.29, 1.82) is 0 Å². The number of alkyl halides is 2. The number of hydrogen-bond donors (Lipinski definition) is 0. The van der Waals surface area contributed by atoms with Gasteiger partial charge in [-0.3, -0.25) is 4.79 Å². The summed E-state index contributed by atoms with van der Waals surface area (Å²) in [6.45, 7) is 5.58. The van der Waals surface area contributed by atoms with Gasteiger partial charge in [0.1, 0.15) is 5.25 Å². The van der Waals surface area contributed by atoms with E-state index in [4.69, 9.17) is 4.74 Å². The van der Waals surface area contributed by atoms with Crippen molar-refractivity contribution in [2.45, 2.75) is 83.3 Å². The maximum Gasteiger partial charge on any atom is 0.319 e. The summed E-state index contributed by atoms with van der Waals surface area (Å²) in [6, 6.07) is 0. The Kier molecular flexibility index (Phi) is 12.1. The summed E-state index contributed by atoms with van der Waals surface area (Å²) in [5.41, 5.74) is 0. The predicted octanol–water partition coefficient (Wildman–Crippen LogP) is 5.45. The Morgan fingerprint density at radius 3 is 2.43 bits per heavy atom. The molecule has 0 saturated carbocycles. The number of hydrogen-bond acceptors (Lipinski definition) is 3. The van der Waals surface area contributed by atoms with E-state index >= 15 is 0 Å². The van der Waals surface area contributed by atoms with Gasteiger partial charge in [0.05, 0.1) is 6.61 Å². The van der Waals surface area contributed by atoms with Gasteiger partial charge in [0, 0.05) is 6.42 Å². The van der Waals surface area contributed by atoms with Crippen molar-refractivity contribution in [3.05, 3.63) is 0 Å². The van der Waals surface area contributed by atoms with E-state index in [0.29, 0.717) is 13.0 Å². The quantitative estimate of drug-likeness (QED) is 0.333. The summed E-state index contributed by atoms with van der Waals surface area (Å²) in [5.74, 6) is -1.83. The SMILES string of the molecule is CCCCOC(=O)C(CCC)SCCCCCC(C)(F)F. The Morgan fingerprint density at radius 1 is 1.14 bits per heavy atom. The van der Waals surface area contributed by atoms with Crippen molar-refractivity contribution in [2.75, 3.05) is 12.4 Å². The molecule has 0 saturated heterocycles. The number of carbonyl (C=O) groups is 1. The molecule has 1 atom stereocenters. The largest absolute Gasteiger partial charge is 0.465 e. The van der Waals surface area contributed by atoms with Gasteiger partial charge >= 0.3 is 5.97 Å². The van der Waals surface area contributed by atoms with Gasteiger partial charge < -0.3 is 4.74 Å². The molecule has 21 heavy (non-hydrogen) atoms. The predicted molar refractivity (Wildman–Crippen MR) is 86.1 cm³/mol. The van der Waals surface area contributed by atoms with E-state index in [1.54, 1.807) is 11.8 Å². The number of rotatable bonds is 13. The lowest BCUT2D eigenvalue weighted by atomic mass is 10.1. The van der Waals surface area contributed by atoms with Crippen LogP contribution in [0.15, 0.2) is 0 Å². The van der Waals surface area contributed by atoms with Crippen LogP contribution in [0.3, 0.4) is 0 Å². The number of ether oxygens (including phenoxy) is 1. The molecule has 0 aromatic rings. The zero-order chi connectivity index (χ0) is 16.1. The molecule has 0 aromatic carbocycles. The van der Waals surface area contributed by atoms with E-state index in [1.807, 2.05) is 0 Å². The highest BCUT2D eigenvalue weighted by Gasteiger charge is 2.21. The molecule has 1 unspecified atom stereocenters. The molecule has 0 heterocycles. The van der Waals surface area contributed by atoms with Gasteiger partial charge in [-0.15, -0.1) is 11.8 Å². The molecule has 0 aliphatic rings. The summed E-state index contributed by atoms with van der Waals surface area (Å²) in [7, 11) is 0. The standard InChI is InChI=1S/C16H30F2O2S/c1-4-6-12-20-15(19)14(10-5-2)21-13-9-7-8-11-16(3,17)18/h14H,4-13H2,1-3H3. The Bertz CT molecular complexity index is 267. The first-order chi connectivity index (χ1) is 9.90. The maximum atomic E-state index is 12.6. The average molecular weight is 324 g/mol. The first kappa shape index (κ1) is 20.7. The van der Waals surface area contributed by atoms with Gasteiger partial charge in [-0.05, 0) is 38.4 Å². The zero-order valence-electron chi connectivity index (χ0n) is 13.6. The van der Waals surface area contributed by atoms with Gasteiger partial charge in [-0.25, -0.2) is 8.78 Å². The maximum absolute atomic E-state index is 12.6. The second-order valence-electron chi connectivity index (χ2n) is 5.55. The molecule has 2 nitrogen and oxygen atoms in total. The fourth-order valence-electron chi connectivity index (χ4n) is 1.88. The highest BCUT2D eigenvalue weighted by molar-refractivity contribution is 8.00. The van der Waals surface area contributed by atoms with Crippen molar-refractivity contribution >= 4 is 17.7 Å². The van der Waals surface area contributed by atoms with Crippen LogP contribution >= 0.6 is 11.8 Å². The molecule has 0 aliphatic heterocycles. The van der Waals surface area contributed by atoms with E-state index in [0.717, 1.165) is 51.2 Å². The first-order valence-electron chi connectivity index (χ1n) is 8.06. The second kappa shape index (κ2) is 12.2. The smallest absolute Gasteiger partial charge is 0.319 e. The van der Waals surface area contributed by atoms with E-state index in [1.165, 1.54) is 0 Å². The molecule has 0 aromatic heterocycles. The minimum Gasteiger partial charge on any atom is -0.465 e. The molecule has 0 fully saturated rings. The van der Waals surface area contributed by atoms with Crippen LogP contribution in [0.5, 0.6) is 0 Å². The Balaban J connectivity index is 3.80. The summed E-state index contributed by atoms with van der Waals surface area (Å²) in [5, 5.41) is -0.0977. The zero-order valence-corrected chi connectivity index (χ0v) is 14.4. The molecule has 0 aliphatic carbocycles. The minimum absolute atomic E-state index is 0.0465. The van der Waals surface area contributed by atoms with E-state index in [2.05, 4.69) is 13.8 Å². The molecule has 0 amide bonds. The topological polar surface area (TPSA) is 26.3 Å². The number of unbranched alkanes of at least 4 members (excludes halogenated alkanes) is 3. The van der Waals surface area contributed by atoms with Gasteiger partial charge in [0.25, 0.3) is 0 Å². The van der Waals surface area contributed by atoms with E-state index < -0.39 is 5.92 Å². The van der Waals surface area contributed by atoms with Crippen LogP contribution in [0.1, 0.15) is 72.1 Å². The average Bonchev–Trinajstić information content (AvgIpc) is 2.40. The first-order valence-corrected chi connectivity index (χ1v) is 9.11. The lowest BCUT2D eigenvalue weighted by molar-refractivity contribution is -0.143. The normalized spacial score (nSPS) is 13.2. The fourth-order valence-corrected chi connectivity index (χ4v) is 3.14. The molecule has 0 rings (SSSR count). The van der Waals surface area contributed by atoms with Crippen LogP contribution in [-0.4, -0.2) is 29.5 Å². The number of carbonyl (C=O) groups excluding carboxylic acids is 1. The lowest BCUT2D eigenvalue weighted by Crippen LogP contribution is -2.21. The van der Waals surface area contributed by atoms with Gasteiger partial charge in [0.15, 0.2) is 0 Å². The third-order valence-corrected chi connectivity index (χ3v) is 4.49. The number of esters is 1. The van der Waals surface area contributed by atoms with Crippen molar-refractivity contribution in [1.82, 2.24) is 0 Å². The lowest BCUT2D eigenvalue weighted by Gasteiger charge is -2.15. The van der Waals surface area contributed by atoms with Crippen molar-refractivity contribution in [3.8, 4) is 0 Å². The molecule has 0 N–H and O–H groups in total. The number of thioether (sulfide) groups is 1. The Labute approximate surface area is 132 Å². The highest BCUT2D eigenvalue weighted by atomic mass is 32.2. The number of halogens is 2. The van der Waals surface area contributed by atoms with Crippen LogP contribution in [-0.2, 0) is 9.53 Å².